The lowest BCUT2D eigenvalue weighted by Crippen LogP contribution is -2.29. The molecule has 1 heterocycles. The number of hydrogen-bond acceptors (Lipinski definition) is 3. The quantitative estimate of drug-likeness (QED) is 0.618. The Morgan fingerprint density at radius 2 is 1.76 bits per heavy atom. The van der Waals surface area contributed by atoms with Crippen molar-refractivity contribution in [3.8, 4) is 0 Å². The number of rotatable bonds is 4. The van der Waals surface area contributed by atoms with E-state index in [0.717, 1.165) is 18.7 Å². The lowest BCUT2D eigenvalue weighted by molar-refractivity contribution is 0.0955. The molecule has 0 aromatic heterocycles. The zero-order valence-corrected chi connectivity index (χ0v) is 15.2. The molecular weight excluding hydrogens is 357 g/mol. The number of carbonyl (C=O) groups is 1. The SMILES string of the molecule is O=C(N/N=C/c1ccc(N2CCCCC2)cc1)c1ccc(Cl)cc1Cl. The highest BCUT2D eigenvalue weighted by Crippen LogP contribution is 2.21. The van der Waals surface area contributed by atoms with Gasteiger partial charge < -0.3 is 4.90 Å². The second-order valence-corrected chi connectivity index (χ2v) is 6.81. The van der Waals surface area contributed by atoms with Gasteiger partial charge in [-0.1, -0.05) is 35.3 Å². The van der Waals surface area contributed by atoms with Crippen LogP contribution < -0.4 is 10.3 Å². The molecule has 2 aromatic carbocycles. The topological polar surface area (TPSA) is 44.7 Å². The molecule has 1 fully saturated rings. The third-order valence-electron chi connectivity index (χ3n) is 4.17. The molecule has 1 N–H and O–H groups in total. The molecule has 0 radical (unpaired) electrons. The molecule has 6 heteroatoms. The van der Waals surface area contributed by atoms with Gasteiger partial charge in [-0.25, -0.2) is 5.43 Å². The fraction of sp³-hybridized carbons (Fsp3) is 0.263. The third-order valence-corrected chi connectivity index (χ3v) is 4.72. The van der Waals surface area contributed by atoms with Crippen molar-refractivity contribution in [2.45, 2.75) is 19.3 Å². The van der Waals surface area contributed by atoms with Crippen molar-refractivity contribution in [3.05, 3.63) is 63.6 Å². The number of amides is 1. The molecular formula is C19H19Cl2N3O. The summed E-state index contributed by atoms with van der Waals surface area (Å²) < 4.78 is 0. The van der Waals surface area contributed by atoms with Crippen LogP contribution in [-0.4, -0.2) is 25.2 Å². The highest BCUT2D eigenvalue weighted by Gasteiger charge is 2.11. The van der Waals surface area contributed by atoms with E-state index in [-0.39, 0.29) is 5.91 Å². The first-order valence-electron chi connectivity index (χ1n) is 8.27. The summed E-state index contributed by atoms with van der Waals surface area (Å²) in [5, 5.41) is 4.78. The molecule has 1 aliphatic heterocycles. The second kappa shape index (κ2) is 8.37. The summed E-state index contributed by atoms with van der Waals surface area (Å²) in [6.45, 7) is 2.23. The maximum atomic E-state index is 12.1. The molecule has 1 amide bonds. The van der Waals surface area contributed by atoms with Gasteiger partial charge in [0.15, 0.2) is 0 Å². The van der Waals surface area contributed by atoms with Gasteiger partial charge in [-0.15, -0.1) is 0 Å². The fourth-order valence-electron chi connectivity index (χ4n) is 2.82. The normalized spacial score (nSPS) is 14.7. The molecule has 0 atom stereocenters. The third kappa shape index (κ3) is 4.74. The molecule has 0 spiro atoms. The number of benzene rings is 2. The number of nitrogens with one attached hydrogen (secondary N) is 1. The first-order valence-corrected chi connectivity index (χ1v) is 9.02. The Labute approximate surface area is 157 Å². The molecule has 4 nitrogen and oxygen atoms in total. The van der Waals surface area contributed by atoms with Crippen molar-refractivity contribution in [3.63, 3.8) is 0 Å². The highest BCUT2D eigenvalue weighted by molar-refractivity contribution is 6.36. The van der Waals surface area contributed by atoms with Crippen LogP contribution in [0.25, 0.3) is 0 Å². The van der Waals surface area contributed by atoms with Crippen LogP contribution in [0, 0.1) is 0 Å². The average Bonchev–Trinajstić information content (AvgIpc) is 2.63. The van der Waals surface area contributed by atoms with Gasteiger partial charge in [0.25, 0.3) is 5.91 Å². The Morgan fingerprint density at radius 3 is 2.44 bits per heavy atom. The Bertz CT molecular complexity index is 769. The average molecular weight is 376 g/mol. The van der Waals surface area contributed by atoms with Gasteiger partial charge in [-0.2, -0.15) is 5.10 Å². The number of nitrogens with zero attached hydrogens (tertiary/aromatic N) is 2. The minimum Gasteiger partial charge on any atom is -0.372 e. The lowest BCUT2D eigenvalue weighted by atomic mass is 10.1. The van der Waals surface area contributed by atoms with Crippen molar-refractivity contribution in [2.24, 2.45) is 5.10 Å². The van der Waals surface area contributed by atoms with E-state index < -0.39 is 0 Å². The van der Waals surface area contributed by atoms with Crippen LogP contribution in [0.15, 0.2) is 47.6 Å². The van der Waals surface area contributed by atoms with E-state index >= 15 is 0 Å². The number of halogens is 2. The van der Waals surface area contributed by atoms with Crippen LogP contribution in [0.4, 0.5) is 5.69 Å². The van der Waals surface area contributed by atoms with E-state index in [1.54, 1.807) is 18.3 Å². The molecule has 1 saturated heterocycles. The Balaban J connectivity index is 1.59. The van der Waals surface area contributed by atoms with Crippen LogP contribution in [0.2, 0.25) is 10.0 Å². The number of anilines is 1. The predicted octanol–water partition coefficient (Wildman–Crippen LogP) is 4.75. The number of hydrazone groups is 1. The standard InChI is InChI=1S/C19H19Cl2N3O/c20-15-6-9-17(18(21)12-15)19(25)23-22-13-14-4-7-16(8-5-14)24-10-2-1-3-11-24/h4-9,12-13H,1-3,10-11H2,(H,23,25)/b22-13+. The molecule has 3 rings (SSSR count). The molecule has 25 heavy (non-hydrogen) atoms. The largest absolute Gasteiger partial charge is 0.372 e. The van der Waals surface area contributed by atoms with Gasteiger partial charge in [-0.3, -0.25) is 4.79 Å². The minimum atomic E-state index is -0.372. The number of piperidine rings is 1. The molecule has 0 aliphatic carbocycles. The zero-order valence-electron chi connectivity index (χ0n) is 13.7. The van der Waals surface area contributed by atoms with Gasteiger partial charge in [0, 0.05) is 23.8 Å². The summed E-state index contributed by atoms with van der Waals surface area (Å²) in [7, 11) is 0. The van der Waals surface area contributed by atoms with Gasteiger partial charge in [0.2, 0.25) is 0 Å². The van der Waals surface area contributed by atoms with Gasteiger partial charge >= 0.3 is 0 Å². The van der Waals surface area contributed by atoms with Crippen LogP contribution in [0.1, 0.15) is 35.2 Å². The minimum absolute atomic E-state index is 0.297. The smallest absolute Gasteiger partial charge is 0.272 e. The second-order valence-electron chi connectivity index (χ2n) is 5.96. The van der Waals surface area contributed by atoms with E-state index in [2.05, 4.69) is 27.6 Å². The van der Waals surface area contributed by atoms with E-state index in [4.69, 9.17) is 23.2 Å². The summed E-state index contributed by atoms with van der Waals surface area (Å²) in [5.74, 6) is -0.372. The summed E-state index contributed by atoms with van der Waals surface area (Å²) in [5.41, 5.74) is 4.97. The summed E-state index contributed by atoms with van der Waals surface area (Å²) >= 11 is 11.8. The summed E-state index contributed by atoms with van der Waals surface area (Å²) in [6, 6.07) is 12.9. The molecule has 0 saturated carbocycles. The Kier molecular flexibility index (Phi) is 5.95. The molecule has 1 aliphatic rings. The number of hydrogen-bond donors (Lipinski definition) is 1. The zero-order chi connectivity index (χ0) is 17.6. The van der Waals surface area contributed by atoms with Gasteiger partial charge in [0.1, 0.15) is 0 Å². The maximum Gasteiger partial charge on any atom is 0.272 e. The highest BCUT2D eigenvalue weighted by atomic mass is 35.5. The fourth-order valence-corrected chi connectivity index (χ4v) is 3.32. The lowest BCUT2D eigenvalue weighted by Gasteiger charge is -2.28. The molecule has 2 aromatic rings. The van der Waals surface area contributed by atoms with Crippen LogP contribution in [-0.2, 0) is 0 Å². The van der Waals surface area contributed by atoms with Gasteiger partial charge in [-0.05, 0) is 55.2 Å². The van der Waals surface area contributed by atoms with Crippen molar-refractivity contribution in [1.29, 1.82) is 0 Å². The van der Waals surface area contributed by atoms with Crippen molar-refractivity contribution in [1.82, 2.24) is 5.43 Å². The van der Waals surface area contributed by atoms with Crippen LogP contribution in [0.5, 0.6) is 0 Å². The van der Waals surface area contributed by atoms with Crippen molar-refractivity contribution >= 4 is 41.0 Å². The van der Waals surface area contributed by atoms with Crippen molar-refractivity contribution < 1.29 is 4.79 Å². The van der Waals surface area contributed by atoms with E-state index in [1.165, 1.54) is 31.0 Å². The van der Waals surface area contributed by atoms with Crippen LogP contribution >= 0.6 is 23.2 Å². The maximum absolute atomic E-state index is 12.1. The van der Waals surface area contributed by atoms with E-state index in [1.807, 2.05) is 12.1 Å². The Morgan fingerprint density at radius 1 is 1.04 bits per heavy atom. The molecule has 0 unspecified atom stereocenters. The number of carbonyl (C=O) groups excluding carboxylic acids is 1. The first-order chi connectivity index (χ1) is 12.1. The van der Waals surface area contributed by atoms with Crippen LogP contribution in [0.3, 0.4) is 0 Å². The molecule has 0 bridgehead atoms. The first kappa shape index (κ1) is 17.8. The van der Waals surface area contributed by atoms with Crippen molar-refractivity contribution in [2.75, 3.05) is 18.0 Å². The molecule has 130 valence electrons. The van der Waals surface area contributed by atoms with Gasteiger partial charge in [0.05, 0.1) is 16.8 Å². The summed E-state index contributed by atoms with van der Waals surface area (Å²) in [6.07, 6.45) is 5.44. The summed E-state index contributed by atoms with van der Waals surface area (Å²) in [4.78, 5) is 14.5. The predicted molar refractivity (Wildman–Crippen MR) is 104 cm³/mol. The van der Waals surface area contributed by atoms with E-state index in [0.29, 0.717) is 15.6 Å². The Hall–Kier alpha value is -2.04. The van der Waals surface area contributed by atoms with E-state index in [9.17, 15) is 4.79 Å². The monoisotopic (exact) mass is 375 g/mol.